The lowest BCUT2D eigenvalue weighted by molar-refractivity contribution is -0.139. The molecule has 0 radical (unpaired) electrons. The number of ether oxygens (including phenoxy) is 2. The van der Waals surface area contributed by atoms with E-state index in [4.69, 9.17) is 9.47 Å². The highest BCUT2D eigenvalue weighted by atomic mass is 19.1. The fraction of sp³-hybridized carbons (Fsp3) is 0.304. The number of rotatable bonds is 10. The summed E-state index contributed by atoms with van der Waals surface area (Å²) in [4.78, 5) is 35.6. The number of nitrogens with zero attached hydrogens (tertiary/aromatic N) is 1. The molecule has 0 aromatic heterocycles. The second-order valence-electron chi connectivity index (χ2n) is 6.96. The first-order valence-corrected chi connectivity index (χ1v) is 10.4. The Morgan fingerprint density at radius 1 is 1.03 bits per heavy atom. The van der Waals surface area contributed by atoms with Crippen LogP contribution < -0.4 is 25.5 Å². The molecule has 0 saturated heterocycles. The molecule has 0 aliphatic heterocycles. The summed E-state index contributed by atoms with van der Waals surface area (Å²) in [5.74, 6) is -1.75. The lowest BCUT2D eigenvalue weighted by Crippen LogP contribution is -2.41. The van der Waals surface area contributed by atoms with Crippen molar-refractivity contribution in [2.45, 2.75) is 33.2 Å². The number of anilines is 1. The van der Waals surface area contributed by atoms with Crippen molar-refractivity contribution in [3.63, 3.8) is 0 Å². The maximum Gasteiger partial charge on any atom is 0.329 e. The van der Waals surface area contributed by atoms with Gasteiger partial charge in [0.15, 0.2) is 18.1 Å². The van der Waals surface area contributed by atoms with Gasteiger partial charge in [0.2, 0.25) is 0 Å². The van der Waals surface area contributed by atoms with Crippen molar-refractivity contribution in [2.75, 3.05) is 18.5 Å². The number of carbonyl (C=O) groups is 3. The summed E-state index contributed by atoms with van der Waals surface area (Å²) >= 11 is 0. The minimum atomic E-state index is -0.872. The Kier molecular flexibility index (Phi) is 9.81. The summed E-state index contributed by atoms with van der Waals surface area (Å²) in [6.45, 7) is 5.54. The third-order valence-electron chi connectivity index (χ3n) is 4.33. The molecule has 0 aliphatic carbocycles. The van der Waals surface area contributed by atoms with Crippen molar-refractivity contribution in [3.05, 3.63) is 53.8 Å². The number of carbonyl (C=O) groups excluding carboxylic acids is 3. The van der Waals surface area contributed by atoms with E-state index in [1.165, 1.54) is 30.5 Å². The van der Waals surface area contributed by atoms with Crippen molar-refractivity contribution < 1.29 is 28.2 Å². The van der Waals surface area contributed by atoms with Crippen molar-refractivity contribution >= 4 is 29.6 Å². The number of nitrogens with one attached hydrogen (secondary N) is 3. The van der Waals surface area contributed by atoms with E-state index in [9.17, 15) is 18.8 Å². The molecule has 0 aliphatic rings. The maximum atomic E-state index is 13.0. The van der Waals surface area contributed by atoms with Crippen LogP contribution in [-0.4, -0.2) is 43.2 Å². The molecule has 0 heterocycles. The summed E-state index contributed by atoms with van der Waals surface area (Å²) in [6.07, 6.45) is 2.05. The Balaban J connectivity index is 1.95. The number of hydrogen-bond acceptors (Lipinski definition) is 6. The summed E-state index contributed by atoms with van der Waals surface area (Å²) in [6, 6.07) is 10.1. The fourth-order valence-electron chi connectivity index (χ4n) is 2.47. The molecule has 0 unspecified atom stereocenters. The molecule has 176 valence electrons. The third-order valence-corrected chi connectivity index (χ3v) is 4.33. The van der Waals surface area contributed by atoms with Gasteiger partial charge < -0.3 is 20.1 Å². The molecule has 3 N–H and O–H groups in total. The van der Waals surface area contributed by atoms with E-state index in [1.54, 1.807) is 32.0 Å². The van der Waals surface area contributed by atoms with Crippen LogP contribution in [0.5, 0.6) is 11.5 Å². The van der Waals surface area contributed by atoms with Gasteiger partial charge in [-0.05, 0) is 68.3 Å². The van der Waals surface area contributed by atoms with Gasteiger partial charge in [0, 0.05) is 11.7 Å². The zero-order chi connectivity index (χ0) is 24.2. The molecule has 2 aromatic rings. The van der Waals surface area contributed by atoms with Gasteiger partial charge in [0.25, 0.3) is 5.91 Å². The van der Waals surface area contributed by atoms with Crippen LogP contribution >= 0.6 is 0 Å². The molecule has 1 atom stereocenters. The van der Waals surface area contributed by atoms with Crippen LogP contribution in [0, 0.1) is 5.82 Å². The lowest BCUT2D eigenvalue weighted by atomic mass is 10.2. The topological polar surface area (TPSA) is 118 Å². The Hall–Kier alpha value is -3.95. The predicted molar refractivity (Wildman–Crippen MR) is 122 cm³/mol. The number of hydrogen-bond donors (Lipinski definition) is 3. The standard InChI is InChI=1S/C23H27FN4O5/c1-4-15(3)26-22(30)23(31)28-25-13-16-6-11-19(20(12-16)32-5-2)33-14-21(29)27-18-9-7-17(24)8-10-18/h6-13,15H,4-5,14H2,1-3H3,(H,26,30)(H,27,29)(H,28,31)/b25-13-/t15-/m0/s1. The van der Waals surface area contributed by atoms with Crippen molar-refractivity contribution in [1.82, 2.24) is 10.7 Å². The molecular weight excluding hydrogens is 431 g/mol. The SMILES string of the molecule is CCOc1cc(/C=N\NC(=O)C(=O)N[C@@H](C)CC)ccc1OCC(=O)Nc1ccc(F)cc1. The summed E-state index contributed by atoms with van der Waals surface area (Å²) < 4.78 is 24.1. The van der Waals surface area contributed by atoms with E-state index in [1.807, 2.05) is 6.92 Å². The van der Waals surface area contributed by atoms with Gasteiger partial charge in [-0.2, -0.15) is 5.10 Å². The Morgan fingerprint density at radius 2 is 1.76 bits per heavy atom. The molecule has 33 heavy (non-hydrogen) atoms. The third kappa shape index (κ3) is 8.60. The number of amides is 3. The van der Waals surface area contributed by atoms with Crippen LogP contribution in [0.3, 0.4) is 0 Å². The molecule has 3 amide bonds. The first-order chi connectivity index (χ1) is 15.8. The zero-order valence-corrected chi connectivity index (χ0v) is 18.7. The maximum absolute atomic E-state index is 13.0. The molecule has 0 saturated carbocycles. The van der Waals surface area contributed by atoms with E-state index in [2.05, 4.69) is 21.2 Å². The summed E-state index contributed by atoms with van der Waals surface area (Å²) in [7, 11) is 0. The van der Waals surface area contributed by atoms with Gasteiger partial charge in [-0.15, -0.1) is 0 Å². The number of hydrazone groups is 1. The van der Waals surface area contributed by atoms with E-state index in [-0.39, 0.29) is 12.6 Å². The minimum Gasteiger partial charge on any atom is -0.490 e. The Labute approximate surface area is 191 Å². The van der Waals surface area contributed by atoms with Crippen LogP contribution in [0.4, 0.5) is 10.1 Å². The number of halogens is 1. The van der Waals surface area contributed by atoms with Crippen LogP contribution in [-0.2, 0) is 14.4 Å². The van der Waals surface area contributed by atoms with Gasteiger partial charge in [-0.25, -0.2) is 9.82 Å². The van der Waals surface area contributed by atoms with Crippen LogP contribution in [0.15, 0.2) is 47.6 Å². The van der Waals surface area contributed by atoms with Crippen molar-refractivity contribution in [1.29, 1.82) is 0 Å². The largest absolute Gasteiger partial charge is 0.490 e. The minimum absolute atomic E-state index is 0.119. The highest BCUT2D eigenvalue weighted by molar-refractivity contribution is 6.35. The van der Waals surface area contributed by atoms with Gasteiger partial charge in [0.05, 0.1) is 12.8 Å². The van der Waals surface area contributed by atoms with Gasteiger partial charge in [-0.1, -0.05) is 6.92 Å². The highest BCUT2D eigenvalue weighted by Crippen LogP contribution is 2.28. The monoisotopic (exact) mass is 458 g/mol. The Morgan fingerprint density at radius 3 is 2.42 bits per heavy atom. The molecule has 0 fully saturated rings. The summed E-state index contributed by atoms with van der Waals surface area (Å²) in [5.41, 5.74) is 3.18. The zero-order valence-electron chi connectivity index (χ0n) is 18.7. The molecule has 2 aromatic carbocycles. The van der Waals surface area contributed by atoms with E-state index >= 15 is 0 Å². The van der Waals surface area contributed by atoms with Gasteiger partial charge in [-0.3, -0.25) is 14.4 Å². The second-order valence-corrected chi connectivity index (χ2v) is 6.96. The molecule has 9 nitrogen and oxygen atoms in total. The first kappa shape index (κ1) is 25.3. The van der Waals surface area contributed by atoms with Crippen molar-refractivity contribution in [2.24, 2.45) is 5.10 Å². The molecule has 0 spiro atoms. The average molecular weight is 458 g/mol. The normalized spacial score (nSPS) is 11.5. The van der Waals surface area contributed by atoms with Gasteiger partial charge in [0.1, 0.15) is 5.82 Å². The van der Waals surface area contributed by atoms with Crippen LogP contribution in [0.1, 0.15) is 32.8 Å². The average Bonchev–Trinajstić information content (AvgIpc) is 2.80. The fourth-order valence-corrected chi connectivity index (χ4v) is 2.47. The Bertz CT molecular complexity index is 995. The predicted octanol–water partition coefficient (Wildman–Crippen LogP) is 2.61. The van der Waals surface area contributed by atoms with Crippen LogP contribution in [0.25, 0.3) is 0 Å². The highest BCUT2D eigenvalue weighted by Gasteiger charge is 2.14. The first-order valence-electron chi connectivity index (χ1n) is 10.4. The van der Waals surface area contributed by atoms with Crippen molar-refractivity contribution in [3.8, 4) is 11.5 Å². The smallest absolute Gasteiger partial charge is 0.329 e. The summed E-state index contributed by atoms with van der Waals surface area (Å²) in [5, 5.41) is 8.92. The number of benzene rings is 2. The quantitative estimate of drug-likeness (QED) is 0.287. The van der Waals surface area contributed by atoms with E-state index in [0.29, 0.717) is 35.8 Å². The molecular formula is C23H27FN4O5. The second kappa shape index (κ2) is 12.8. The molecule has 0 bridgehead atoms. The van der Waals surface area contributed by atoms with Gasteiger partial charge >= 0.3 is 11.8 Å². The molecule has 2 rings (SSSR count). The molecule has 10 heteroatoms. The van der Waals surface area contributed by atoms with Crippen LogP contribution in [0.2, 0.25) is 0 Å². The lowest BCUT2D eigenvalue weighted by Gasteiger charge is -2.12. The van der Waals surface area contributed by atoms with E-state index < -0.39 is 23.5 Å². The van der Waals surface area contributed by atoms with E-state index in [0.717, 1.165) is 0 Å².